The number of nitrogens with one attached hydrogen (secondary N) is 1. The zero-order chi connectivity index (χ0) is 18.8. The minimum Gasteiger partial charge on any atom is -0.493 e. The summed E-state index contributed by atoms with van der Waals surface area (Å²) in [4.78, 5) is 15.0. The number of carbonyl (C=O) groups excluding carboxylic acids is 1. The van der Waals surface area contributed by atoms with Gasteiger partial charge in [-0.3, -0.25) is 4.79 Å². The van der Waals surface area contributed by atoms with E-state index in [1.54, 1.807) is 0 Å². The quantitative estimate of drug-likeness (QED) is 0.849. The first-order valence-corrected chi connectivity index (χ1v) is 9.77. The predicted molar refractivity (Wildman–Crippen MR) is 107 cm³/mol. The van der Waals surface area contributed by atoms with Gasteiger partial charge in [-0.15, -0.1) is 0 Å². The second kappa shape index (κ2) is 7.51. The number of carbonyl (C=O) groups is 1. The number of ether oxygens (including phenoxy) is 2. The van der Waals surface area contributed by atoms with Crippen LogP contribution in [0.5, 0.6) is 11.5 Å². The molecule has 2 heterocycles. The van der Waals surface area contributed by atoms with Crippen molar-refractivity contribution in [2.45, 2.75) is 33.1 Å². The number of rotatable bonds is 6. The van der Waals surface area contributed by atoms with Crippen LogP contribution in [-0.4, -0.2) is 32.2 Å². The van der Waals surface area contributed by atoms with E-state index in [9.17, 15) is 4.79 Å². The number of nitrogens with zero attached hydrogens (tertiary/aromatic N) is 1. The second-order valence-electron chi connectivity index (χ2n) is 6.96. The molecule has 2 aliphatic heterocycles. The van der Waals surface area contributed by atoms with Crippen molar-refractivity contribution in [2.75, 3.05) is 36.5 Å². The highest BCUT2D eigenvalue weighted by Gasteiger charge is 2.27. The van der Waals surface area contributed by atoms with Gasteiger partial charge >= 0.3 is 0 Å². The molecule has 1 amide bonds. The van der Waals surface area contributed by atoms with Crippen molar-refractivity contribution in [3.63, 3.8) is 0 Å². The molecular weight excluding hydrogens is 340 g/mol. The summed E-state index contributed by atoms with van der Waals surface area (Å²) >= 11 is 0. The van der Waals surface area contributed by atoms with Crippen molar-refractivity contribution in [3.05, 3.63) is 47.0 Å². The Morgan fingerprint density at radius 3 is 2.56 bits per heavy atom. The van der Waals surface area contributed by atoms with Crippen LogP contribution in [0.4, 0.5) is 11.4 Å². The Hall–Kier alpha value is -2.69. The lowest BCUT2D eigenvalue weighted by atomic mass is 9.97. The van der Waals surface area contributed by atoms with Crippen LogP contribution in [0.15, 0.2) is 30.3 Å². The lowest BCUT2D eigenvalue weighted by Gasteiger charge is -2.21. The Balaban J connectivity index is 1.49. The first kappa shape index (κ1) is 17.7. The number of hydrogen-bond acceptors (Lipinski definition) is 4. The van der Waals surface area contributed by atoms with Crippen LogP contribution >= 0.6 is 0 Å². The molecule has 2 aromatic carbocycles. The zero-order valence-corrected chi connectivity index (χ0v) is 16.0. The summed E-state index contributed by atoms with van der Waals surface area (Å²) in [5.41, 5.74) is 5.26. The molecule has 1 N–H and O–H groups in total. The summed E-state index contributed by atoms with van der Waals surface area (Å²) in [6, 6.07) is 10.1. The van der Waals surface area contributed by atoms with Gasteiger partial charge in [0.25, 0.3) is 0 Å². The maximum Gasteiger partial charge on any atom is 0.228 e. The number of anilines is 2. The number of fused-ring (bicyclic) bond motifs is 2. The number of hydrogen-bond donors (Lipinski definition) is 1. The van der Waals surface area contributed by atoms with E-state index in [1.165, 1.54) is 5.69 Å². The fraction of sp³-hybridized carbons (Fsp3) is 0.409. The van der Waals surface area contributed by atoms with E-state index in [4.69, 9.17) is 9.47 Å². The van der Waals surface area contributed by atoms with Crippen molar-refractivity contribution in [3.8, 4) is 11.5 Å². The van der Waals surface area contributed by atoms with Gasteiger partial charge in [0.1, 0.15) is 11.5 Å². The van der Waals surface area contributed by atoms with Gasteiger partial charge in [-0.25, -0.2) is 0 Å². The first-order chi connectivity index (χ1) is 13.2. The molecule has 0 saturated heterocycles. The minimum absolute atomic E-state index is 0.0245. The van der Waals surface area contributed by atoms with Crippen molar-refractivity contribution < 1.29 is 14.3 Å². The van der Waals surface area contributed by atoms with Gasteiger partial charge in [0.15, 0.2) is 0 Å². The molecule has 5 heteroatoms. The van der Waals surface area contributed by atoms with Crippen LogP contribution in [0.1, 0.15) is 30.5 Å². The molecule has 0 atom stereocenters. The highest BCUT2D eigenvalue weighted by molar-refractivity contribution is 5.93. The highest BCUT2D eigenvalue weighted by atomic mass is 16.5. The van der Waals surface area contributed by atoms with Gasteiger partial charge in [-0.2, -0.15) is 0 Å². The van der Waals surface area contributed by atoms with E-state index < -0.39 is 0 Å². The monoisotopic (exact) mass is 366 g/mol. The standard InChI is InChI=1S/C22H26N2O3/c1-3-24(4-2)17-7-5-16(6-8-17)23-21(25)14-19-18-10-12-26-20(18)13-15-9-11-27-22(15)19/h5-8,13H,3-4,9-12,14H2,1-2H3,(H,23,25). The molecule has 0 fully saturated rings. The molecular formula is C22H26N2O3. The second-order valence-corrected chi connectivity index (χ2v) is 6.96. The van der Waals surface area contributed by atoms with E-state index in [1.807, 2.05) is 12.1 Å². The van der Waals surface area contributed by atoms with E-state index in [2.05, 4.69) is 42.3 Å². The molecule has 2 aliphatic rings. The molecule has 0 radical (unpaired) electrons. The summed E-state index contributed by atoms with van der Waals surface area (Å²) < 4.78 is 11.6. The van der Waals surface area contributed by atoms with Crippen LogP contribution in [0, 0.1) is 0 Å². The van der Waals surface area contributed by atoms with E-state index >= 15 is 0 Å². The summed E-state index contributed by atoms with van der Waals surface area (Å²) in [5.74, 6) is 1.79. The molecule has 142 valence electrons. The average molecular weight is 366 g/mol. The van der Waals surface area contributed by atoms with Crippen LogP contribution in [0.2, 0.25) is 0 Å². The Bertz CT molecular complexity index is 809. The molecule has 5 nitrogen and oxygen atoms in total. The van der Waals surface area contributed by atoms with Crippen molar-refractivity contribution in [1.82, 2.24) is 0 Å². The molecule has 27 heavy (non-hydrogen) atoms. The Labute approximate surface area is 160 Å². The third kappa shape index (κ3) is 3.46. The SMILES string of the molecule is CCN(CC)c1ccc(NC(=O)Cc2c3c(cc4c2OCC4)OCC3)cc1. The molecule has 0 spiro atoms. The third-order valence-electron chi connectivity index (χ3n) is 5.38. The van der Waals surface area contributed by atoms with E-state index in [0.717, 1.165) is 59.8 Å². The molecule has 0 aliphatic carbocycles. The van der Waals surface area contributed by atoms with Crippen LogP contribution in [0.3, 0.4) is 0 Å². The van der Waals surface area contributed by atoms with Gasteiger partial charge in [-0.05, 0) is 44.2 Å². The Kier molecular flexibility index (Phi) is 4.92. The van der Waals surface area contributed by atoms with Gasteiger partial charge < -0.3 is 19.7 Å². The summed E-state index contributed by atoms with van der Waals surface area (Å²) in [6.45, 7) is 7.58. The van der Waals surface area contributed by atoms with Gasteiger partial charge in [0.05, 0.1) is 19.6 Å². The van der Waals surface area contributed by atoms with Crippen molar-refractivity contribution >= 4 is 17.3 Å². The fourth-order valence-corrected chi connectivity index (χ4v) is 3.98. The maximum atomic E-state index is 12.7. The number of amides is 1. The zero-order valence-electron chi connectivity index (χ0n) is 16.0. The van der Waals surface area contributed by atoms with Crippen molar-refractivity contribution in [2.24, 2.45) is 0 Å². The topological polar surface area (TPSA) is 50.8 Å². The van der Waals surface area contributed by atoms with Crippen LogP contribution < -0.4 is 19.7 Å². The summed E-state index contributed by atoms with van der Waals surface area (Å²) in [5, 5.41) is 3.02. The Morgan fingerprint density at radius 2 is 1.81 bits per heavy atom. The largest absolute Gasteiger partial charge is 0.493 e. The average Bonchev–Trinajstić information content (AvgIpc) is 3.33. The summed E-state index contributed by atoms with van der Waals surface area (Å²) in [7, 11) is 0. The normalized spacial score (nSPS) is 14.1. The van der Waals surface area contributed by atoms with Crippen LogP contribution in [0.25, 0.3) is 0 Å². The lowest BCUT2D eigenvalue weighted by Crippen LogP contribution is -2.21. The molecule has 2 aromatic rings. The third-order valence-corrected chi connectivity index (χ3v) is 5.38. The molecule has 0 saturated carbocycles. The Morgan fingerprint density at radius 1 is 1.07 bits per heavy atom. The van der Waals surface area contributed by atoms with Gasteiger partial charge in [-0.1, -0.05) is 0 Å². The number of benzene rings is 2. The summed E-state index contributed by atoms with van der Waals surface area (Å²) in [6.07, 6.45) is 2.03. The molecule has 0 bridgehead atoms. The fourth-order valence-electron chi connectivity index (χ4n) is 3.98. The lowest BCUT2D eigenvalue weighted by molar-refractivity contribution is -0.115. The van der Waals surface area contributed by atoms with Crippen molar-refractivity contribution in [1.29, 1.82) is 0 Å². The van der Waals surface area contributed by atoms with E-state index in [-0.39, 0.29) is 5.91 Å². The first-order valence-electron chi connectivity index (χ1n) is 9.77. The smallest absolute Gasteiger partial charge is 0.228 e. The van der Waals surface area contributed by atoms with Gasteiger partial charge in [0, 0.05) is 54.0 Å². The highest BCUT2D eigenvalue weighted by Crippen LogP contribution is 2.40. The maximum absolute atomic E-state index is 12.7. The molecule has 0 aromatic heterocycles. The predicted octanol–water partition coefficient (Wildman–Crippen LogP) is 3.58. The molecule has 4 rings (SSSR count). The minimum atomic E-state index is -0.0245. The van der Waals surface area contributed by atoms with E-state index in [0.29, 0.717) is 19.6 Å². The molecule has 0 unspecified atom stereocenters. The van der Waals surface area contributed by atoms with Crippen LogP contribution in [-0.2, 0) is 24.1 Å². The van der Waals surface area contributed by atoms with Gasteiger partial charge in [0.2, 0.25) is 5.91 Å².